The van der Waals surface area contributed by atoms with Gasteiger partial charge in [-0.15, -0.1) is 0 Å². The number of methoxy groups -OCH3 is 1. The second-order valence-electron chi connectivity index (χ2n) is 4.97. The minimum atomic E-state index is -0.885. The predicted octanol–water partition coefficient (Wildman–Crippen LogP) is 2.12. The summed E-state index contributed by atoms with van der Waals surface area (Å²) < 4.78 is 9.42. The zero-order valence-electron chi connectivity index (χ0n) is 12.0. The van der Waals surface area contributed by atoms with Crippen LogP contribution in [0.15, 0.2) is 12.3 Å². The first-order valence-corrected chi connectivity index (χ1v) is 5.87. The third-order valence-electron chi connectivity index (χ3n) is 2.10. The number of aromatic nitrogens is 1. The van der Waals surface area contributed by atoms with Gasteiger partial charge in [0.1, 0.15) is 5.60 Å². The van der Waals surface area contributed by atoms with Crippen molar-refractivity contribution >= 4 is 23.6 Å². The lowest BCUT2D eigenvalue weighted by Gasteiger charge is -2.19. The van der Waals surface area contributed by atoms with Gasteiger partial charge >= 0.3 is 17.7 Å². The van der Waals surface area contributed by atoms with Gasteiger partial charge in [-0.05, 0) is 20.8 Å². The van der Waals surface area contributed by atoms with Gasteiger partial charge in [0, 0.05) is 12.3 Å². The van der Waals surface area contributed by atoms with Gasteiger partial charge in [0.15, 0.2) is 0 Å². The van der Waals surface area contributed by atoms with Gasteiger partial charge in [-0.1, -0.05) is 0 Å². The van der Waals surface area contributed by atoms with E-state index in [1.807, 2.05) is 0 Å². The number of hydrogen-bond donors (Lipinski definition) is 1. The Morgan fingerprint density at radius 3 is 2.48 bits per heavy atom. The van der Waals surface area contributed by atoms with Crippen LogP contribution in [0, 0.1) is 10.1 Å². The van der Waals surface area contributed by atoms with Gasteiger partial charge in [0.2, 0.25) is 5.82 Å². The van der Waals surface area contributed by atoms with Crippen molar-refractivity contribution in [3.63, 3.8) is 0 Å². The Morgan fingerprint density at radius 1 is 1.38 bits per heavy atom. The molecular formula is C12H15N3O6. The highest BCUT2D eigenvalue weighted by Gasteiger charge is 2.23. The Kier molecular flexibility index (Phi) is 4.79. The van der Waals surface area contributed by atoms with Crippen LogP contribution in [0.5, 0.6) is 0 Å². The van der Waals surface area contributed by atoms with Crippen LogP contribution >= 0.6 is 0 Å². The minimum Gasteiger partial charge on any atom is -0.465 e. The van der Waals surface area contributed by atoms with Crippen molar-refractivity contribution in [2.45, 2.75) is 26.4 Å². The molecule has 0 saturated carbocycles. The van der Waals surface area contributed by atoms with Crippen molar-refractivity contribution in [1.29, 1.82) is 0 Å². The molecule has 0 spiro atoms. The van der Waals surface area contributed by atoms with Gasteiger partial charge < -0.3 is 9.47 Å². The molecule has 0 bridgehead atoms. The molecule has 0 atom stereocenters. The molecule has 114 valence electrons. The third kappa shape index (κ3) is 4.71. The van der Waals surface area contributed by atoms with Crippen molar-refractivity contribution in [1.82, 2.24) is 4.98 Å². The van der Waals surface area contributed by atoms with E-state index < -0.39 is 28.3 Å². The number of esters is 1. The summed E-state index contributed by atoms with van der Waals surface area (Å²) in [5.74, 6) is -1.09. The fourth-order valence-corrected chi connectivity index (χ4v) is 1.32. The zero-order chi connectivity index (χ0) is 16.2. The van der Waals surface area contributed by atoms with Gasteiger partial charge in [-0.3, -0.25) is 15.4 Å². The monoisotopic (exact) mass is 297 g/mol. The number of carbonyl (C=O) groups is 2. The molecule has 0 fully saturated rings. The molecule has 1 N–H and O–H groups in total. The number of hydrogen-bond acceptors (Lipinski definition) is 7. The average Bonchev–Trinajstić information content (AvgIpc) is 2.35. The second-order valence-corrected chi connectivity index (χ2v) is 4.97. The molecule has 0 unspecified atom stereocenters. The van der Waals surface area contributed by atoms with E-state index in [1.54, 1.807) is 20.8 Å². The van der Waals surface area contributed by atoms with E-state index >= 15 is 0 Å². The lowest BCUT2D eigenvalue weighted by atomic mass is 10.2. The SMILES string of the molecule is COC(=O)c1cnc(NC(=O)OC(C)(C)C)c([N+](=O)[O-])c1. The number of nitrogens with zero attached hydrogens (tertiary/aromatic N) is 2. The van der Waals surface area contributed by atoms with E-state index in [9.17, 15) is 19.7 Å². The molecule has 0 aromatic carbocycles. The Balaban J connectivity index is 3.05. The molecule has 0 aliphatic carbocycles. The molecule has 1 aromatic heterocycles. The minimum absolute atomic E-state index is 0.0982. The predicted molar refractivity (Wildman–Crippen MR) is 72.1 cm³/mol. The summed E-state index contributed by atoms with van der Waals surface area (Å²) >= 11 is 0. The molecule has 9 nitrogen and oxygen atoms in total. The standard InChI is InChI=1S/C12H15N3O6/c1-12(2,3)21-11(17)14-9-8(15(18)19)5-7(6-13-9)10(16)20-4/h5-6H,1-4H3,(H,13,14,17). The highest BCUT2D eigenvalue weighted by molar-refractivity contribution is 5.92. The van der Waals surface area contributed by atoms with Crippen molar-refractivity contribution in [3.05, 3.63) is 27.9 Å². The van der Waals surface area contributed by atoms with Crippen LogP contribution in [0.4, 0.5) is 16.3 Å². The number of amides is 1. The number of carbonyl (C=O) groups excluding carboxylic acids is 2. The summed E-state index contributed by atoms with van der Waals surface area (Å²) in [5, 5.41) is 13.1. The third-order valence-corrected chi connectivity index (χ3v) is 2.10. The maximum Gasteiger partial charge on any atom is 0.413 e. The lowest BCUT2D eigenvalue weighted by Crippen LogP contribution is -2.27. The average molecular weight is 297 g/mol. The van der Waals surface area contributed by atoms with E-state index in [0.29, 0.717) is 0 Å². The van der Waals surface area contributed by atoms with Crippen LogP contribution < -0.4 is 5.32 Å². The molecule has 0 saturated heterocycles. The molecule has 1 heterocycles. The first kappa shape index (κ1) is 16.3. The molecule has 0 aliphatic rings. The Morgan fingerprint density at radius 2 is 2.00 bits per heavy atom. The van der Waals surface area contributed by atoms with E-state index in [1.165, 1.54) is 0 Å². The zero-order valence-corrected chi connectivity index (χ0v) is 12.0. The smallest absolute Gasteiger partial charge is 0.413 e. The Hall–Kier alpha value is -2.71. The molecule has 1 rings (SSSR count). The van der Waals surface area contributed by atoms with Crippen LogP contribution in [-0.4, -0.2) is 34.7 Å². The summed E-state index contributed by atoms with van der Waals surface area (Å²) in [4.78, 5) is 36.8. The Bertz CT molecular complexity index is 579. The largest absolute Gasteiger partial charge is 0.465 e. The van der Waals surface area contributed by atoms with Crippen LogP contribution in [0.1, 0.15) is 31.1 Å². The van der Waals surface area contributed by atoms with Gasteiger partial charge in [-0.2, -0.15) is 0 Å². The van der Waals surface area contributed by atoms with E-state index in [4.69, 9.17) is 4.74 Å². The molecule has 0 radical (unpaired) electrons. The molecular weight excluding hydrogens is 282 g/mol. The fourth-order valence-electron chi connectivity index (χ4n) is 1.32. The number of anilines is 1. The van der Waals surface area contributed by atoms with Gasteiger partial charge in [0.25, 0.3) is 0 Å². The number of nitro groups is 1. The summed E-state index contributed by atoms with van der Waals surface area (Å²) in [6.45, 7) is 4.94. The fraction of sp³-hybridized carbons (Fsp3) is 0.417. The molecule has 0 aliphatic heterocycles. The van der Waals surface area contributed by atoms with Crippen molar-refractivity contribution in [2.24, 2.45) is 0 Å². The van der Waals surface area contributed by atoms with Crippen LogP contribution in [0.25, 0.3) is 0 Å². The summed E-state index contributed by atoms with van der Waals surface area (Å²) in [6, 6.07) is 0.964. The van der Waals surface area contributed by atoms with Crippen LogP contribution in [-0.2, 0) is 9.47 Å². The maximum atomic E-state index is 11.6. The quantitative estimate of drug-likeness (QED) is 0.515. The number of pyridine rings is 1. The maximum absolute atomic E-state index is 11.6. The van der Waals surface area contributed by atoms with Gasteiger partial charge in [-0.25, -0.2) is 14.6 Å². The van der Waals surface area contributed by atoms with Crippen LogP contribution in [0.3, 0.4) is 0 Å². The molecule has 21 heavy (non-hydrogen) atoms. The summed E-state index contributed by atoms with van der Waals surface area (Å²) in [5.41, 5.74) is -1.40. The number of rotatable bonds is 3. The first-order chi connectivity index (χ1) is 9.64. The highest BCUT2D eigenvalue weighted by atomic mass is 16.6. The normalized spacial score (nSPS) is 10.7. The number of ether oxygens (including phenoxy) is 2. The van der Waals surface area contributed by atoms with Crippen molar-refractivity contribution in [2.75, 3.05) is 12.4 Å². The highest BCUT2D eigenvalue weighted by Crippen LogP contribution is 2.23. The second kappa shape index (κ2) is 6.16. The number of nitrogens with one attached hydrogen (secondary N) is 1. The molecule has 9 heteroatoms. The van der Waals surface area contributed by atoms with E-state index in [0.717, 1.165) is 19.4 Å². The lowest BCUT2D eigenvalue weighted by molar-refractivity contribution is -0.384. The topological polar surface area (TPSA) is 121 Å². The molecule has 1 aromatic rings. The molecule has 1 amide bonds. The van der Waals surface area contributed by atoms with Crippen molar-refractivity contribution in [3.8, 4) is 0 Å². The van der Waals surface area contributed by atoms with E-state index in [-0.39, 0.29) is 11.4 Å². The Labute approximate surface area is 120 Å². The first-order valence-electron chi connectivity index (χ1n) is 5.87. The van der Waals surface area contributed by atoms with Gasteiger partial charge in [0.05, 0.1) is 17.6 Å². The van der Waals surface area contributed by atoms with Crippen molar-refractivity contribution < 1.29 is 24.0 Å². The van der Waals surface area contributed by atoms with Crippen LogP contribution in [0.2, 0.25) is 0 Å². The summed E-state index contributed by atoms with van der Waals surface area (Å²) in [6.07, 6.45) is 0.176. The van der Waals surface area contributed by atoms with E-state index in [2.05, 4.69) is 15.0 Å². The summed E-state index contributed by atoms with van der Waals surface area (Å²) in [7, 11) is 1.14.